The summed E-state index contributed by atoms with van der Waals surface area (Å²) in [6, 6.07) is -0.540. The maximum atomic E-state index is 12.1. The van der Waals surface area contributed by atoms with Crippen molar-refractivity contribution >= 4 is 5.91 Å². The summed E-state index contributed by atoms with van der Waals surface area (Å²) < 4.78 is 0. The Morgan fingerprint density at radius 2 is 2.19 bits per heavy atom. The summed E-state index contributed by atoms with van der Waals surface area (Å²) in [7, 11) is 0. The van der Waals surface area contributed by atoms with E-state index < -0.39 is 6.04 Å². The summed E-state index contributed by atoms with van der Waals surface area (Å²) in [5.74, 6) is -0.0487. The molecule has 0 spiro atoms. The lowest BCUT2D eigenvalue weighted by Gasteiger charge is -2.28. The first-order valence-electron chi connectivity index (χ1n) is 5.92. The van der Waals surface area contributed by atoms with Gasteiger partial charge in [0.1, 0.15) is 0 Å². The summed E-state index contributed by atoms with van der Waals surface area (Å²) in [4.78, 5) is 12.1. The molecule has 1 heterocycles. The van der Waals surface area contributed by atoms with Crippen molar-refractivity contribution in [2.45, 2.75) is 32.2 Å². The molecular formula is C11H22N2O3. The first-order valence-corrected chi connectivity index (χ1v) is 5.92. The van der Waals surface area contributed by atoms with Crippen LogP contribution < -0.4 is 10.6 Å². The van der Waals surface area contributed by atoms with Gasteiger partial charge in [-0.3, -0.25) is 4.79 Å². The monoisotopic (exact) mass is 230 g/mol. The minimum atomic E-state index is -0.540. The van der Waals surface area contributed by atoms with Gasteiger partial charge in [0.25, 0.3) is 0 Å². The van der Waals surface area contributed by atoms with Gasteiger partial charge in [0, 0.05) is 6.54 Å². The van der Waals surface area contributed by atoms with E-state index in [9.17, 15) is 4.79 Å². The largest absolute Gasteiger partial charge is 0.394 e. The number of hydrogen-bond donors (Lipinski definition) is 4. The minimum Gasteiger partial charge on any atom is -0.394 e. The van der Waals surface area contributed by atoms with Crippen molar-refractivity contribution in [2.24, 2.45) is 5.41 Å². The normalized spacial score (nSPS) is 25.0. The van der Waals surface area contributed by atoms with Gasteiger partial charge in [0.15, 0.2) is 0 Å². The Morgan fingerprint density at radius 1 is 1.50 bits per heavy atom. The molecule has 0 radical (unpaired) electrons. The van der Waals surface area contributed by atoms with Crippen LogP contribution in [-0.2, 0) is 4.79 Å². The van der Waals surface area contributed by atoms with Gasteiger partial charge < -0.3 is 20.8 Å². The van der Waals surface area contributed by atoms with Gasteiger partial charge >= 0.3 is 0 Å². The Labute approximate surface area is 96.2 Å². The lowest BCUT2D eigenvalue weighted by atomic mass is 9.81. The van der Waals surface area contributed by atoms with Gasteiger partial charge in [-0.05, 0) is 19.4 Å². The molecule has 1 atom stereocenters. The first-order chi connectivity index (χ1) is 7.68. The zero-order valence-electron chi connectivity index (χ0n) is 9.83. The number of carbonyl (C=O) groups excluding carboxylic acids is 1. The number of nitrogens with one attached hydrogen (secondary N) is 2. The van der Waals surface area contributed by atoms with E-state index in [2.05, 4.69) is 17.6 Å². The highest BCUT2D eigenvalue weighted by molar-refractivity contribution is 5.83. The molecule has 1 aliphatic heterocycles. The molecule has 1 saturated heterocycles. The Morgan fingerprint density at radius 3 is 2.62 bits per heavy atom. The van der Waals surface area contributed by atoms with E-state index in [0.717, 1.165) is 25.8 Å². The van der Waals surface area contributed by atoms with E-state index in [1.165, 1.54) is 0 Å². The van der Waals surface area contributed by atoms with Crippen LogP contribution in [0.5, 0.6) is 0 Å². The third-order valence-corrected chi connectivity index (χ3v) is 3.23. The third-order valence-electron chi connectivity index (χ3n) is 3.23. The van der Waals surface area contributed by atoms with Crippen LogP contribution in [-0.4, -0.2) is 48.5 Å². The second kappa shape index (κ2) is 6.18. The molecular weight excluding hydrogens is 208 g/mol. The average Bonchev–Trinajstić information content (AvgIpc) is 2.76. The first kappa shape index (κ1) is 13.4. The van der Waals surface area contributed by atoms with Gasteiger partial charge in [-0.1, -0.05) is 13.3 Å². The molecule has 5 heteroatoms. The Balaban J connectivity index is 2.60. The Hall–Kier alpha value is -0.650. The molecule has 16 heavy (non-hydrogen) atoms. The van der Waals surface area contributed by atoms with Crippen molar-refractivity contribution in [1.29, 1.82) is 0 Å². The second-order valence-electron chi connectivity index (χ2n) is 4.49. The van der Waals surface area contributed by atoms with Crippen LogP contribution >= 0.6 is 0 Å². The summed E-state index contributed by atoms with van der Waals surface area (Å²) in [6.07, 6.45) is 2.63. The molecule has 1 unspecified atom stereocenters. The number of aliphatic hydroxyl groups is 2. The molecule has 1 fully saturated rings. The predicted molar refractivity (Wildman–Crippen MR) is 60.9 cm³/mol. The quantitative estimate of drug-likeness (QED) is 0.483. The predicted octanol–water partition coefficient (Wildman–Crippen LogP) is -0.764. The van der Waals surface area contributed by atoms with Crippen LogP contribution in [0.15, 0.2) is 0 Å². The standard InChI is InChI=1S/C11H22N2O3/c1-2-3-11(4-5-12-8-11)10(16)13-9(6-14)7-15/h9,12,14-15H,2-8H2,1H3,(H,13,16). The van der Waals surface area contributed by atoms with E-state index in [4.69, 9.17) is 10.2 Å². The number of carbonyl (C=O) groups is 1. The Bertz CT molecular complexity index is 223. The fourth-order valence-electron chi connectivity index (χ4n) is 2.23. The van der Waals surface area contributed by atoms with Crippen LogP contribution in [0.25, 0.3) is 0 Å². The highest BCUT2D eigenvalue weighted by atomic mass is 16.3. The molecule has 1 rings (SSSR count). The van der Waals surface area contributed by atoms with E-state index >= 15 is 0 Å². The van der Waals surface area contributed by atoms with Gasteiger partial charge in [-0.25, -0.2) is 0 Å². The molecule has 0 bridgehead atoms. The SMILES string of the molecule is CCCC1(C(=O)NC(CO)CO)CCNC1. The number of amides is 1. The molecule has 4 N–H and O–H groups in total. The smallest absolute Gasteiger partial charge is 0.227 e. The van der Waals surface area contributed by atoms with Gasteiger partial charge in [0.05, 0.1) is 24.7 Å². The van der Waals surface area contributed by atoms with E-state index in [-0.39, 0.29) is 24.5 Å². The summed E-state index contributed by atoms with van der Waals surface area (Å²) >= 11 is 0. The van der Waals surface area contributed by atoms with Crippen LogP contribution in [0.3, 0.4) is 0 Å². The summed E-state index contributed by atoms with van der Waals surface area (Å²) in [6.45, 7) is 3.16. The fourth-order valence-corrected chi connectivity index (χ4v) is 2.23. The van der Waals surface area contributed by atoms with Crippen LogP contribution in [0.1, 0.15) is 26.2 Å². The Kier molecular flexibility index (Phi) is 5.18. The number of rotatable bonds is 6. The third kappa shape index (κ3) is 2.93. The van der Waals surface area contributed by atoms with E-state index in [1.54, 1.807) is 0 Å². The summed E-state index contributed by atoms with van der Waals surface area (Å²) in [5.41, 5.74) is -0.350. The number of aliphatic hydroxyl groups excluding tert-OH is 2. The topological polar surface area (TPSA) is 81.6 Å². The highest BCUT2D eigenvalue weighted by Crippen LogP contribution is 2.31. The average molecular weight is 230 g/mol. The molecule has 0 aromatic carbocycles. The maximum absolute atomic E-state index is 12.1. The zero-order chi connectivity index (χ0) is 12.0. The second-order valence-corrected chi connectivity index (χ2v) is 4.49. The molecule has 1 aliphatic rings. The molecule has 1 amide bonds. The maximum Gasteiger partial charge on any atom is 0.227 e. The van der Waals surface area contributed by atoms with Crippen molar-refractivity contribution < 1.29 is 15.0 Å². The zero-order valence-corrected chi connectivity index (χ0v) is 9.83. The fraction of sp³-hybridized carbons (Fsp3) is 0.909. The molecule has 0 saturated carbocycles. The van der Waals surface area contributed by atoms with Crippen LogP contribution in [0, 0.1) is 5.41 Å². The molecule has 0 aliphatic carbocycles. The minimum absolute atomic E-state index is 0.0487. The lowest BCUT2D eigenvalue weighted by molar-refractivity contribution is -0.132. The summed E-state index contributed by atoms with van der Waals surface area (Å²) in [5, 5.41) is 23.8. The van der Waals surface area contributed by atoms with Gasteiger partial charge in [-0.15, -0.1) is 0 Å². The number of hydrogen-bond acceptors (Lipinski definition) is 4. The van der Waals surface area contributed by atoms with Crippen LogP contribution in [0.4, 0.5) is 0 Å². The van der Waals surface area contributed by atoms with E-state index in [1.807, 2.05) is 0 Å². The van der Waals surface area contributed by atoms with Crippen molar-refractivity contribution in [3.05, 3.63) is 0 Å². The molecule has 94 valence electrons. The lowest BCUT2D eigenvalue weighted by Crippen LogP contribution is -2.49. The van der Waals surface area contributed by atoms with Gasteiger partial charge in [0.2, 0.25) is 5.91 Å². The van der Waals surface area contributed by atoms with Crippen molar-refractivity contribution in [1.82, 2.24) is 10.6 Å². The highest BCUT2D eigenvalue weighted by Gasteiger charge is 2.40. The molecule has 5 nitrogen and oxygen atoms in total. The van der Waals surface area contributed by atoms with Crippen molar-refractivity contribution in [3.63, 3.8) is 0 Å². The van der Waals surface area contributed by atoms with Crippen molar-refractivity contribution in [3.8, 4) is 0 Å². The van der Waals surface area contributed by atoms with Crippen molar-refractivity contribution in [2.75, 3.05) is 26.3 Å². The van der Waals surface area contributed by atoms with E-state index in [0.29, 0.717) is 6.54 Å². The molecule has 0 aromatic heterocycles. The molecule has 0 aromatic rings. The van der Waals surface area contributed by atoms with Gasteiger partial charge in [-0.2, -0.15) is 0 Å². The van der Waals surface area contributed by atoms with Crippen LogP contribution in [0.2, 0.25) is 0 Å².